The molecule has 0 aromatic carbocycles. The van der Waals surface area contributed by atoms with Crippen LogP contribution in [0.5, 0.6) is 0 Å². The van der Waals surface area contributed by atoms with E-state index in [1.807, 2.05) is 20.8 Å². The van der Waals surface area contributed by atoms with Gasteiger partial charge < -0.3 is 4.90 Å². The van der Waals surface area contributed by atoms with Crippen LogP contribution in [0.15, 0.2) is 0 Å². The Balaban J connectivity index is 1.89. The summed E-state index contributed by atoms with van der Waals surface area (Å²) in [5.41, 5.74) is -0.239. The van der Waals surface area contributed by atoms with Gasteiger partial charge in [0.25, 0.3) is 0 Å². The Morgan fingerprint density at radius 1 is 1.05 bits per heavy atom. The fourth-order valence-electron chi connectivity index (χ4n) is 3.03. The van der Waals surface area contributed by atoms with Gasteiger partial charge in [0.1, 0.15) is 0 Å². The number of hydrogen-bond donors (Lipinski definition) is 0. The van der Waals surface area contributed by atoms with Crippen LogP contribution < -0.4 is 0 Å². The Bertz CT molecular complexity index is 308. The van der Waals surface area contributed by atoms with Crippen molar-refractivity contribution >= 4 is 17.7 Å². The summed E-state index contributed by atoms with van der Waals surface area (Å²) >= 11 is 2.09. The summed E-state index contributed by atoms with van der Waals surface area (Å²) in [6.07, 6.45) is 3.79. The normalized spacial score (nSPS) is 24.3. The molecule has 2 aliphatic heterocycles. The zero-order valence-electron chi connectivity index (χ0n) is 12.7. The standard InChI is InChI=1S/C15H28N2OS/c1-15(2,3)14(18)17-8-4-7-16(9-10-17)13-5-11-19-12-6-13/h13H,4-12H2,1-3H3. The predicted molar refractivity (Wildman–Crippen MR) is 82.6 cm³/mol. The first kappa shape index (κ1) is 15.2. The molecule has 2 saturated heterocycles. The van der Waals surface area contributed by atoms with Gasteiger partial charge in [0.05, 0.1) is 0 Å². The van der Waals surface area contributed by atoms with Crippen molar-refractivity contribution in [2.75, 3.05) is 37.7 Å². The molecule has 3 nitrogen and oxygen atoms in total. The Morgan fingerprint density at radius 3 is 2.37 bits per heavy atom. The average Bonchev–Trinajstić information content (AvgIpc) is 2.63. The van der Waals surface area contributed by atoms with Gasteiger partial charge >= 0.3 is 0 Å². The minimum absolute atomic E-state index is 0.239. The molecule has 19 heavy (non-hydrogen) atoms. The second kappa shape index (κ2) is 6.49. The van der Waals surface area contributed by atoms with Gasteiger partial charge in [-0.3, -0.25) is 9.69 Å². The summed E-state index contributed by atoms with van der Waals surface area (Å²) in [5, 5.41) is 0. The highest BCUT2D eigenvalue weighted by Gasteiger charge is 2.30. The highest BCUT2D eigenvalue weighted by molar-refractivity contribution is 7.99. The van der Waals surface area contributed by atoms with Gasteiger partial charge in [0.15, 0.2) is 0 Å². The topological polar surface area (TPSA) is 23.6 Å². The Morgan fingerprint density at radius 2 is 1.74 bits per heavy atom. The van der Waals surface area contributed by atoms with Crippen molar-refractivity contribution in [3.05, 3.63) is 0 Å². The third-order valence-electron chi connectivity index (χ3n) is 4.17. The molecule has 0 aliphatic carbocycles. The molecule has 0 bridgehead atoms. The Kier molecular flexibility index (Phi) is 5.18. The van der Waals surface area contributed by atoms with Crippen LogP contribution in [0.1, 0.15) is 40.0 Å². The van der Waals surface area contributed by atoms with E-state index in [2.05, 4.69) is 21.6 Å². The first-order valence-corrected chi connectivity index (χ1v) is 8.75. The molecule has 0 unspecified atom stereocenters. The maximum absolute atomic E-state index is 12.4. The summed E-state index contributed by atoms with van der Waals surface area (Å²) in [4.78, 5) is 17.1. The molecule has 2 aliphatic rings. The van der Waals surface area contributed by atoms with Crippen LogP contribution in [0.4, 0.5) is 0 Å². The second-order valence-corrected chi connectivity index (χ2v) is 8.00. The van der Waals surface area contributed by atoms with Crippen molar-refractivity contribution < 1.29 is 4.79 Å². The lowest BCUT2D eigenvalue weighted by Gasteiger charge is -2.33. The van der Waals surface area contributed by atoms with E-state index in [9.17, 15) is 4.79 Å². The van der Waals surface area contributed by atoms with Crippen molar-refractivity contribution in [2.24, 2.45) is 5.41 Å². The van der Waals surface area contributed by atoms with E-state index in [4.69, 9.17) is 0 Å². The molecule has 4 heteroatoms. The average molecular weight is 284 g/mol. The first-order valence-electron chi connectivity index (χ1n) is 7.59. The van der Waals surface area contributed by atoms with Crippen LogP contribution in [-0.4, -0.2) is 59.4 Å². The summed E-state index contributed by atoms with van der Waals surface area (Å²) in [5.74, 6) is 2.94. The van der Waals surface area contributed by atoms with E-state index < -0.39 is 0 Å². The van der Waals surface area contributed by atoms with E-state index >= 15 is 0 Å². The van der Waals surface area contributed by atoms with E-state index in [0.29, 0.717) is 5.91 Å². The number of rotatable bonds is 1. The molecule has 1 amide bonds. The van der Waals surface area contributed by atoms with Crippen molar-refractivity contribution in [3.8, 4) is 0 Å². The lowest BCUT2D eigenvalue weighted by Crippen LogP contribution is -2.43. The van der Waals surface area contributed by atoms with Crippen molar-refractivity contribution in [1.29, 1.82) is 0 Å². The molecule has 0 spiro atoms. The van der Waals surface area contributed by atoms with Crippen LogP contribution in [-0.2, 0) is 4.79 Å². The predicted octanol–water partition coefficient (Wildman–Crippen LogP) is 2.46. The fourth-order valence-corrected chi connectivity index (χ4v) is 4.11. The number of hydrogen-bond acceptors (Lipinski definition) is 3. The number of nitrogens with zero attached hydrogens (tertiary/aromatic N) is 2. The zero-order valence-corrected chi connectivity index (χ0v) is 13.5. The van der Waals surface area contributed by atoms with Crippen LogP contribution >= 0.6 is 11.8 Å². The van der Waals surface area contributed by atoms with Gasteiger partial charge in [0, 0.05) is 37.6 Å². The SMILES string of the molecule is CC(C)(C)C(=O)N1CCCN(C2CCSCC2)CC1. The highest BCUT2D eigenvalue weighted by Crippen LogP contribution is 2.24. The Hall–Kier alpha value is -0.220. The van der Waals surface area contributed by atoms with Gasteiger partial charge in [-0.15, -0.1) is 0 Å². The molecular formula is C15H28N2OS. The maximum atomic E-state index is 12.4. The number of carbonyl (C=O) groups excluding carboxylic acids is 1. The number of carbonyl (C=O) groups is 1. The van der Waals surface area contributed by atoms with Crippen molar-refractivity contribution in [3.63, 3.8) is 0 Å². The van der Waals surface area contributed by atoms with Gasteiger partial charge in [-0.1, -0.05) is 20.8 Å². The van der Waals surface area contributed by atoms with Gasteiger partial charge in [0.2, 0.25) is 5.91 Å². The smallest absolute Gasteiger partial charge is 0.227 e. The lowest BCUT2D eigenvalue weighted by atomic mass is 9.94. The Labute approximate surface area is 122 Å². The van der Waals surface area contributed by atoms with Crippen LogP contribution in [0.25, 0.3) is 0 Å². The molecular weight excluding hydrogens is 256 g/mol. The second-order valence-electron chi connectivity index (χ2n) is 6.78. The van der Waals surface area contributed by atoms with E-state index in [1.165, 1.54) is 30.9 Å². The van der Waals surface area contributed by atoms with Crippen LogP contribution in [0.3, 0.4) is 0 Å². The van der Waals surface area contributed by atoms with Gasteiger partial charge in [-0.2, -0.15) is 11.8 Å². The van der Waals surface area contributed by atoms with Crippen LogP contribution in [0.2, 0.25) is 0 Å². The van der Waals surface area contributed by atoms with Gasteiger partial charge in [-0.05, 0) is 30.8 Å². The molecule has 0 saturated carbocycles. The molecule has 0 aromatic rings. The minimum Gasteiger partial charge on any atom is -0.341 e. The van der Waals surface area contributed by atoms with E-state index in [0.717, 1.165) is 32.1 Å². The van der Waals surface area contributed by atoms with Crippen molar-refractivity contribution in [2.45, 2.75) is 46.1 Å². The first-order chi connectivity index (χ1) is 8.98. The minimum atomic E-state index is -0.239. The number of amides is 1. The molecule has 0 radical (unpaired) electrons. The summed E-state index contributed by atoms with van der Waals surface area (Å²) in [6, 6.07) is 0.769. The third kappa shape index (κ3) is 4.12. The molecule has 0 N–H and O–H groups in total. The molecule has 0 atom stereocenters. The maximum Gasteiger partial charge on any atom is 0.227 e. The summed E-state index contributed by atoms with van der Waals surface area (Å²) in [6.45, 7) is 10.2. The molecule has 0 aromatic heterocycles. The molecule has 2 rings (SSSR count). The molecule has 110 valence electrons. The number of thioether (sulfide) groups is 1. The van der Waals surface area contributed by atoms with Crippen LogP contribution in [0, 0.1) is 5.41 Å². The summed E-state index contributed by atoms with van der Waals surface area (Å²) in [7, 11) is 0. The lowest BCUT2D eigenvalue weighted by molar-refractivity contribution is -0.139. The van der Waals surface area contributed by atoms with Crippen molar-refractivity contribution in [1.82, 2.24) is 9.80 Å². The fraction of sp³-hybridized carbons (Fsp3) is 0.933. The van der Waals surface area contributed by atoms with E-state index in [-0.39, 0.29) is 5.41 Å². The molecule has 2 fully saturated rings. The third-order valence-corrected chi connectivity index (χ3v) is 5.22. The highest BCUT2D eigenvalue weighted by atomic mass is 32.2. The van der Waals surface area contributed by atoms with E-state index in [1.54, 1.807) is 0 Å². The zero-order chi connectivity index (χ0) is 13.9. The quantitative estimate of drug-likeness (QED) is 0.739. The largest absolute Gasteiger partial charge is 0.341 e. The monoisotopic (exact) mass is 284 g/mol. The van der Waals surface area contributed by atoms with Gasteiger partial charge in [-0.25, -0.2) is 0 Å². The molecule has 2 heterocycles. The summed E-state index contributed by atoms with van der Waals surface area (Å²) < 4.78 is 0.